The smallest absolute Gasteiger partial charge is 0.244 e. The molecule has 0 aliphatic carbocycles. The van der Waals surface area contributed by atoms with Gasteiger partial charge in [-0.25, -0.2) is 8.42 Å². The molecule has 0 aliphatic rings. The highest BCUT2D eigenvalue weighted by Crippen LogP contribution is 2.27. The van der Waals surface area contributed by atoms with Crippen molar-refractivity contribution >= 4 is 43.5 Å². The van der Waals surface area contributed by atoms with Crippen LogP contribution in [0.5, 0.6) is 0 Å². The number of carbonyl (C=O) groups is 2. The van der Waals surface area contributed by atoms with Crippen molar-refractivity contribution < 1.29 is 18.0 Å². The number of carbonyl (C=O) groups excluding carboxylic acids is 2. The summed E-state index contributed by atoms with van der Waals surface area (Å²) in [4.78, 5) is 28.1. The minimum Gasteiger partial charge on any atom is -0.354 e. The minimum atomic E-state index is -3.76. The normalized spacial score (nSPS) is 12.3. The quantitative estimate of drug-likeness (QED) is 0.434. The Kier molecular flexibility index (Phi) is 10.6. The zero-order chi connectivity index (χ0) is 25.3. The number of sulfonamides is 1. The molecule has 1 unspecified atom stereocenters. The zero-order valence-electron chi connectivity index (χ0n) is 20.2. The van der Waals surface area contributed by atoms with Gasteiger partial charge in [0.1, 0.15) is 12.6 Å². The maximum Gasteiger partial charge on any atom is 0.244 e. The molecule has 9 heteroatoms. The van der Waals surface area contributed by atoms with E-state index in [9.17, 15) is 18.0 Å². The number of nitrogens with zero attached hydrogens (tertiary/aromatic N) is 2. The molecule has 1 atom stereocenters. The molecule has 0 radical (unpaired) electrons. The van der Waals surface area contributed by atoms with E-state index in [0.29, 0.717) is 36.1 Å². The highest BCUT2D eigenvalue weighted by atomic mass is 79.9. The molecular weight excluding hydrogens is 518 g/mol. The largest absolute Gasteiger partial charge is 0.354 e. The number of hydrogen-bond donors (Lipinski definition) is 1. The molecule has 0 heterocycles. The van der Waals surface area contributed by atoms with Crippen molar-refractivity contribution in [2.24, 2.45) is 5.92 Å². The molecule has 186 valence electrons. The van der Waals surface area contributed by atoms with Crippen molar-refractivity contribution in [3.05, 3.63) is 64.6 Å². The topological polar surface area (TPSA) is 86.8 Å². The lowest BCUT2D eigenvalue weighted by Gasteiger charge is -2.33. The van der Waals surface area contributed by atoms with Gasteiger partial charge in [-0.2, -0.15) is 0 Å². The van der Waals surface area contributed by atoms with Crippen molar-refractivity contribution in [1.82, 2.24) is 10.2 Å². The van der Waals surface area contributed by atoms with Crippen LogP contribution in [0.3, 0.4) is 0 Å². The maximum atomic E-state index is 13.6. The molecular formula is C25H34BrN3O4S. The van der Waals surface area contributed by atoms with E-state index in [0.717, 1.165) is 16.1 Å². The Balaban J connectivity index is 2.35. The Labute approximate surface area is 211 Å². The van der Waals surface area contributed by atoms with Crippen LogP contribution in [-0.2, 0) is 26.0 Å². The summed E-state index contributed by atoms with van der Waals surface area (Å²) in [5, 5.41) is 2.92. The lowest BCUT2D eigenvalue weighted by Crippen LogP contribution is -2.53. The fourth-order valence-electron chi connectivity index (χ4n) is 3.57. The number of rotatable bonds is 12. The average molecular weight is 553 g/mol. The Morgan fingerprint density at radius 1 is 1.03 bits per heavy atom. The second kappa shape index (κ2) is 12.9. The van der Waals surface area contributed by atoms with Gasteiger partial charge in [-0.1, -0.05) is 63.2 Å². The van der Waals surface area contributed by atoms with Gasteiger partial charge in [-0.05, 0) is 52.4 Å². The first kappa shape index (κ1) is 27.9. The van der Waals surface area contributed by atoms with Crippen LogP contribution >= 0.6 is 15.9 Å². The number of nitrogens with one attached hydrogen (secondary N) is 1. The van der Waals surface area contributed by atoms with Gasteiger partial charge in [-0.3, -0.25) is 13.9 Å². The van der Waals surface area contributed by atoms with Gasteiger partial charge in [0.05, 0.1) is 11.9 Å². The highest BCUT2D eigenvalue weighted by molar-refractivity contribution is 9.10. The molecule has 0 fully saturated rings. The summed E-state index contributed by atoms with van der Waals surface area (Å²) < 4.78 is 26.9. The molecule has 0 bridgehead atoms. The van der Waals surface area contributed by atoms with Crippen LogP contribution in [0.25, 0.3) is 0 Å². The van der Waals surface area contributed by atoms with Crippen LogP contribution in [-0.4, -0.2) is 57.1 Å². The number of anilines is 1. The van der Waals surface area contributed by atoms with Crippen LogP contribution in [0.4, 0.5) is 5.69 Å². The Hall–Kier alpha value is -2.39. The van der Waals surface area contributed by atoms with Gasteiger partial charge < -0.3 is 10.2 Å². The third-order valence-corrected chi connectivity index (χ3v) is 7.15. The van der Waals surface area contributed by atoms with E-state index < -0.39 is 28.5 Å². The molecule has 0 aliphatic heterocycles. The summed E-state index contributed by atoms with van der Waals surface area (Å²) in [5.74, 6) is -0.390. The van der Waals surface area contributed by atoms with E-state index in [-0.39, 0.29) is 11.8 Å². The van der Waals surface area contributed by atoms with Gasteiger partial charge in [0.2, 0.25) is 21.8 Å². The first-order chi connectivity index (χ1) is 16.0. The first-order valence-corrected chi connectivity index (χ1v) is 14.0. The number of amides is 2. The van der Waals surface area contributed by atoms with Gasteiger partial charge in [-0.15, -0.1) is 0 Å². The second-order valence-corrected chi connectivity index (χ2v) is 11.4. The minimum absolute atomic E-state index is 0.232. The van der Waals surface area contributed by atoms with E-state index in [4.69, 9.17) is 0 Å². The Bertz CT molecular complexity index is 1060. The number of hydrogen-bond acceptors (Lipinski definition) is 4. The molecule has 2 aromatic carbocycles. The Morgan fingerprint density at radius 3 is 2.21 bits per heavy atom. The molecule has 0 saturated carbocycles. The molecule has 0 spiro atoms. The molecule has 0 saturated heterocycles. The third kappa shape index (κ3) is 8.13. The summed E-state index contributed by atoms with van der Waals surface area (Å²) in [7, 11) is -3.76. The monoisotopic (exact) mass is 551 g/mol. The lowest BCUT2D eigenvalue weighted by molar-refractivity contribution is -0.139. The van der Waals surface area contributed by atoms with Crippen LogP contribution in [0.1, 0.15) is 32.8 Å². The predicted molar refractivity (Wildman–Crippen MR) is 140 cm³/mol. The summed E-state index contributed by atoms with van der Waals surface area (Å²) in [6.07, 6.45) is 2.04. The van der Waals surface area contributed by atoms with Gasteiger partial charge in [0, 0.05) is 17.6 Å². The van der Waals surface area contributed by atoms with Gasteiger partial charge in [0.25, 0.3) is 0 Å². The SMILES string of the molecule is CCC(C(=O)NCC(C)C)N(CCc1ccccc1)C(=O)CN(c1ccccc1Br)S(C)(=O)=O. The fourth-order valence-corrected chi connectivity index (χ4v) is 5.04. The third-order valence-electron chi connectivity index (χ3n) is 5.36. The van der Waals surface area contributed by atoms with E-state index in [1.165, 1.54) is 4.90 Å². The average Bonchev–Trinajstić information content (AvgIpc) is 2.79. The molecule has 7 nitrogen and oxygen atoms in total. The lowest BCUT2D eigenvalue weighted by atomic mass is 10.1. The van der Waals surface area contributed by atoms with Crippen LogP contribution in [0.2, 0.25) is 0 Å². The first-order valence-electron chi connectivity index (χ1n) is 11.4. The van der Waals surface area contributed by atoms with Crippen molar-refractivity contribution in [3.8, 4) is 0 Å². The number of para-hydroxylation sites is 1. The van der Waals surface area contributed by atoms with E-state index >= 15 is 0 Å². The summed E-state index contributed by atoms with van der Waals surface area (Å²) in [6.45, 7) is 6.25. The zero-order valence-corrected chi connectivity index (χ0v) is 22.6. The standard InChI is InChI=1S/C25H34BrN3O4S/c1-5-22(25(31)27-17-19(2)3)28(16-15-20-11-7-6-8-12-20)24(30)18-29(34(4,32)33)23-14-10-9-13-21(23)26/h6-14,19,22H,5,15-18H2,1-4H3,(H,27,31). The molecule has 1 N–H and O–H groups in total. The maximum absolute atomic E-state index is 13.6. The predicted octanol–water partition coefficient (Wildman–Crippen LogP) is 3.84. The van der Waals surface area contributed by atoms with Crippen molar-refractivity contribution in [2.45, 2.75) is 39.7 Å². The van der Waals surface area contributed by atoms with E-state index in [1.54, 1.807) is 24.3 Å². The number of halogens is 1. The molecule has 2 rings (SSSR count). The van der Waals surface area contributed by atoms with Crippen molar-refractivity contribution in [3.63, 3.8) is 0 Å². The summed E-state index contributed by atoms with van der Waals surface area (Å²) >= 11 is 3.38. The summed E-state index contributed by atoms with van der Waals surface area (Å²) in [6, 6.07) is 15.8. The number of benzene rings is 2. The molecule has 2 amide bonds. The highest BCUT2D eigenvalue weighted by Gasteiger charge is 2.31. The molecule has 0 aromatic heterocycles. The molecule has 34 heavy (non-hydrogen) atoms. The van der Waals surface area contributed by atoms with E-state index in [1.807, 2.05) is 51.1 Å². The van der Waals surface area contributed by atoms with Crippen LogP contribution in [0.15, 0.2) is 59.1 Å². The van der Waals surface area contributed by atoms with Gasteiger partial charge >= 0.3 is 0 Å². The van der Waals surface area contributed by atoms with Crippen LogP contribution < -0.4 is 9.62 Å². The van der Waals surface area contributed by atoms with Crippen molar-refractivity contribution in [1.29, 1.82) is 0 Å². The molecule has 2 aromatic rings. The summed E-state index contributed by atoms with van der Waals surface area (Å²) in [5.41, 5.74) is 1.40. The Morgan fingerprint density at radius 2 is 1.65 bits per heavy atom. The van der Waals surface area contributed by atoms with E-state index in [2.05, 4.69) is 21.2 Å². The van der Waals surface area contributed by atoms with Crippen molar-refractivity contribution in [2.75, 3.05) is 30.2 Å². The fraction of sp³-hybridized carbons (Fsp3) is 0.440. The second-order valence-electron chi connectivity index (χ2n) is 8.61. The van der Waals surface area contributed by atoms with Gasteiger partial charge in [0.15, 0.2) is 0 Å². The van der Waals surface area contributed by atoms with Crippen LogP contribution in [0, 0.1) is 5.92 Å².